The van der Waals surface area contributed by atoms with Crippen LogP contribution >= 0.6 is 0 Å². The average Bonchev–Trinajstić information content (AvgIpc) is 2.85. The standard InChI is InChI=1S/C18H18N4O3S/c1-20(12-14-6-4-5-13(9-14)11-19)26(24,25)15-7-8-16-17(10-15)22(3)18(23)21(16)2/h4-10H,12H2,1-3H3. The highest BCUT2D eigenvalue weighted by atomic mass is 32.2. The number of hydrogen-bond acceptors (Lipinski definition) is 4. The van der Waals surface area contributed by atoms with Gasteiger partial charge in [-0.25, -0.2) is 13.2 Å². The number of aromatic nitrogens is 2. The molecule has 0 radical (unpaired) electrons. The Bertz CT molecular complexity index is 1200. The number of fused-ring (bicyclic) bond motifs is 1. The van der Waals surface area contributed by atoms with Gasteiger partial charge in [0.25, 0.3) is 0 Å². The smallest absolute Gasteiger partial charge is 0.295 e. The van der Waals surface area contributed by atoms with E-state index in [9.17, 15) is 13.2 Å². The fourth-order valence-corrected chi connectivity index (χ4v) is 4.09. The van der Waals surface area contributed by atoms with Crippen molar-refractivity contribution < 1.29 is 8.42 Å². The first-order chi connectivity index (χ1) is 12.3. The fraction of sp³-hybridized carbons (Fsp3) is 0.222. The Hall–Kier alpha value is -2.89. The lowest BCUT2D eigenvalue weighted by molar-refractivity contribution is 0.467. The molecule has 8 heteroatoms. The van der Waals surface area contributed by atoms with E-state index in [1.54, 1.807) is 44.4 Å². The summed E-state index contributed by atoms with van der Waals surface area (Å²) in [6.45, 7) is 0.142. The molecule has 1 heterocycles. The van der Waals surface area contributed by atoms with Gasteiger partial charge in [-0.2, -0.15) is 9.57 Å². The largest absolute Gasteiger partial charge is 0.328 e. The van der Waals surface area contributed by atoms with Gasteiger partial charge in [-0.3, -0.25) is 9.13 Å². The summed E-state index contributed by atoms with van der Waals surface area (Å²) in [5.74, 6) is 0. The van der Waals surface area contributed by atoms with Gasteiger partial charge in [0, 0.05) is 27.7 Å². The van der Waals surface area contributed by atoms with Crippen LogP contribution in [0.2, 0.25) is 0 Å². The molecule has 0 fully saturated rings. The first-order valence-corrected chi connectivity index (χ1v) is 9.30. The van der Waals surface area contributed by atoms with Gasteiger partial charge in [0.2, 0.25) is 10.0 Å². The van der Waals surface area contributed by atoms with Crippen molar-refractivity contribution in [3.63, 3.8) is 0 Å². The quantitative estimate of drug-likeness (QED) is 0.697. The minimum Gasteiger partial charge on any atom is -0.295 e. The van der Waals surface area contributed by atoms with Gasteiger partial charge in [0.1, 0.15) is 0 Å². The number of nitrogens with zero attached hydrogens (tertiary/aromatic N) is 4. The molecule has 0 unspecified atom stereocenters. The van der Waals surface area contributed by atoms with Crippen molar-refractivity contribution >= 4 is 21.1 Å². The summed E-state index contributed by atoms with van der Waals surface area (Å²) in [5, 5.41) is 8.97. The van der Waals surface area contributed by atoms with E-state index in [-0.39, 0.29) is 17.1 Å². The molecule has 2 aromatic carbocycles. The van der Waals surface area contributed by atoms with Crippen molar-refractivity contribution in [2.45, 2.75) is 11.4 Å². The highest BCUT2D eigenvalue weighted by Crippen LogP contribution is 2.21. The van der Waals surface area contributed by atoms with E-state index in [0.29, 0.717) is 16.6 Å². The topological polar surface area (TPSA) is 88.1 Å². The van der Waals surface area contributed by atoms with Crippen LogP contribution in [0.15, 0.2) is 52.2 Å². The summed E-state index contributed by atoms with van der Waals surface area (Å²) in [6.07, 6.45) is 0. The number of aryl methyl sites for hydroxylation is 2. The minimum absolute atomic E-state index is 0.116. The zero-order valence-corrected chi connectivity index (χ0v) is 15.5. The van der Waals surface area contributed by atoms with Crippen LogP contribution in [0.5, 0.6) is 0 Å². The zero-order chi connectivity index (χ0) is 19.1. The van der Waals surface area contributed by atoms with Crippen molar-refractivity contribution in [2.75, 3.05) is 7.05 Å². The van der Waals surface area contributed by atoms with Crippen molar-refractivity contribution in [3.8, 4) is 6.07 Å². The summed E-state index contributed by atoms with van der Waals surface area (Å²) in [6, 6.07) is 13.5. The third-order valence-corrected chi connectivity index (χ3v) is 6.21. The fourth-order valence-electron chi connectivity index (χ4n) is 2.91. The number of sulfonamides is 1. The highest BCUT2D eigenvalue weighted by molar-refractivity contribution is 7.89. The first-order valence-electron chi connectivity index (χ1n) is 7.86. The third-order valence-electron chi connectivity index (χ3n) is 4.41. The average molecular weight is 370 g/mol. The van der Waals surface area contributed by atoms with Gasteiger partial charge in [-0.05, 0) is 35.9 Å². The van der Waals surface area contributed by atoms with Gasteiger partial charge in [-0.15, -0.1) is 0 Å². The zero-order valence-electron chi connectivity index (χ0n) is 14.7. The third kappa shape index (κ3) is 2.92. The Morgan fingerprint density at radius 3 is 2.46 bits per heavy atom. The molecule has 0 aliphatic carbocycles. The van der Waals surface area contributed by atoms with E-state index < -0.39 is 10.0 Å². The molecule has 0 bridgehead atoms. The van der Waals surface area contributed by atoms with Crippen LogP contribution < -0.4 is 5.69 Å². The van der Waals surface area contributed by atoms with Crippen LogP contribution in [0.4, 0.5) is 0 Å². The molecular weight excluding hydrogens is 352 g/mol. The lowest BCUT2D eigenvalue weighted by Crippen LogP contribution is -2.26. The number of rotatable bonds is 4. The number of hydrogen-bond donors (Lipinski definition) is 0. The maximum atomic E-state index is 12.9. The number of benzene rings is 2. The van der Waals surface area contributed by atoms with E-state index in [4.69, 9.17) is 5.26 Å². The predicted molar refractivity (Wildman–Crippen MR) is 98.0 cm³/mol. The highest BCUT2D eigenvalue weighted by Gasteiger charge is 2.22. The van der Waals surface area contributed by atoms with Gasteiger partial charge >= 0.3 is 5.69 Å². The summed E-state index contributed by atoms with van der Waals surface area (Å²) in [4.78, 5) is 12.1. The van der Waals surface area contributed by atoms with Crippen molar-refractivity contribution in [2.24, 2.45) is 14.1 Å². The van der Waals surface area contributed by atoms with Crippen LogP contribution in [-0.4, -0.2) is 28.9 Å². The van der Waals surface area contributed by atoms with Crippen molar-refractivity contribution in [3.05, 3.63) is 64.1 Å². The molecule has 0 spiro atoms. The minimum atomic E-state index is -3.74. The van der Waals surface area contributed by atoms with Gasteiger partial charge < -0.3 is 0 Å². The molecule has 1 aromatic heterocycles. The predicted octanol–water partition coefficient (Wildman–Crippen LogP) is 1.57. The molecule has 0 amide bonds. The van der Waals surface area contributed by atoms with E-state index in [1.807, 2.05) is 6.07 Å². The molecule has 7 nitrogen and oxygen atoms in total. The Balaban J connectivity index is 1.99. The maximum Gasteiger partial charge on any atom is 0.328 e. The summed E-state index contributed by atoms with van der Waals surface area (Å²) < 4.78 is 29.9. The Labute approximate surface area is 151 Å². The monoisotopic (exact) mass is 370 g/mol. The van der Waals surface area contributed by atoms with E-state index in [2.05, 4.69) is 0 Å². The molecule has 0 atom stereocenters. The molecule has 0 aliphatic rings. The molecule has 0 saturated heterocycles. The van der Waals surface area contributed by atoms with Gasteiger partial charge in [0.05, 0.1) is 27.6 Å². The van der Waals surface area contributed by atoms with E-state index >= 15 is 0 Å². The normalized spacial score (nSPS) is 11.8. The second-order valence-corrected chi connectivity index (χ2v) is 8.17. The second-order valence-electron chi connectivity index (χ2n) is 6.12. The number of nitriles is 1. The molecule has 26 heavy (non-hydrogen) atoms. The molecule has 3 rings (SSSR count). The summed E-state index contributed by atoms with van der Waals surface area (Å²) >= 11 is 0. The Morgan fingerprint density at radius 1 is 1.08 bits per heavy atom. The summed E-state index contributed by atoms with van der Waals surface area (Å²) in [7, 11) is 1.00. The van der Waals surface area contributed by atoms with E-state index in [0.717, 1.165) is 5.56 Å². The molecule has 134 valence electrons. The number of imidazole rings is 1. The van der Waals surface area contributed by atoms with Crippen LogP contribution in [0.3, 0.4) is 0 Å². The lowest BCUT2D eigenvalue weighted by atomic mass is 10.1. The van der Waals surface area contributed by atoms with Crippen LogP contribution in [0, 0.1) is 11.3 Å². The first kappa shape index (κ1) is 17.9. The lowest BCUT2D eigenvalue weighted by Gasteiger charge is -2.17. The van der Waals surface area contributed by atoms with Gasteiger partial charge in [-0.1, -0.05) is 12.1 Å². The SMILES string of the molecule is CN(Cc1cccc(C#N)c1)S(=O)(=O)c1ccc2c(c1)n(C)c(=O)n2C. The maximum absolute atomic E-state index is 12.9. The van der Waals surface area contributed by atoms with Crippen LogP contribution in [0.1, 0.15) is 11.1 Å². The van der Waals surface area contributed by atoms with Crippen molar-refractivity contribution in [1.29, 1.82) is 5.26 Å². The van der Waals surface area contributed by atoms with Crippen LogP contribution in [0.25, 0.3) is 11.0 Å². The van der Waals surface area contributed by atoms with Gasteiger partial charge in [0.15, 0.2) is 0 Å². The summed E-state index contributed by atoms with van der Waals surface area (Å²) in [5.41, 5.74) is 2.22. The molecule has 0 N–H and O–H groups in total. The van der Waals surface area contributed by atoms with Crippen molar-refractivity contribution in [1.82, 2.24) is 13.4 Å². The second kappa shape index (κ2) is 6.44. The molecule has 3 aromatic rings. The Kier molecular flexibility index (Phi) is 4.44. The Morgan fingerprint density at radius 2 is 1.77 bits per heavy atom. The molecule has 0 saturated carbocycles. The molecular formula is C18H18N4O3S. The molecule has 0 aliphatic heterocycles. The van der Waals surface area contributed by atoms with Crippen LogP contribution in [-0.2, 0) is 30.7 Å². The van der Waals surface area contributed by atoms with E-state index in [1.165, 1.54) is 32.6 Å².